The first-order valence-electron chi connectivity index (χ1n) is 3.13. The first kappa shape index (κ1) is 8.97. The van der Waals surface area contributed by atoms with E-state index in [0.29, 0.717) is 0 Å². The van der Waals surface area contributed by atoms with Crippen LogP contribution in [0.25, 0.3) is 0 Å². The van der Waals surface area contributed by atoms with Crippen LogP contribution in [-0.2, 0) is 4.79 Å². The van der Waals surface area contributed by atoms with Crippen LogP contribution in [0.15, 0.2) is 16.5 Å². The van der Waals surface area contributed by atoms with E-state index in [9.17, 15) is 25.0 Å². The lowest BCUT2D eigenvalue weighted by atomic mass is 10.2. The van der Waals surface area contributed by atoms with Crippen LogP contribution in [0.3, 0.4) is 0 Å². The van der Waals surface area contributed by atoms with E-state index in [1.807, 2.05) is 0 Å². The van der Waals surface area contributed by atoms with Gasteiger partial charge in [-0.25, -0.2) is 0 Å². The highest BCUT2D eigenvalue weighted by molar-refractivity contribution is 6.03. The van der Waals surface area contributed by atoms with Crippen LogP contribution in [0.4, 0.5) is 0 Å². The van der Waals surface area contributed by atoms with Crippen LogP contribution >= 0.6 is 0 Å². The van der Waals surface area contributed by atoms with Gasteiger partial charge in [-0.1, -0.05) is 0 Å². The molecule has 68 valence electrons. The molecule has 1 rings (SSSR count). The number of allylic oxidation sites excluding steroid dienone is 1. The lowest BCUT2D eigenvalue weighted by Gasteiger charge is -1.98. The van der Waals surface area contributed by atoms with Crippen LogP contribution in [-0.4, -0.2) is 21.8 Å². The van der Waals surface area contributed by atoms with E-state index in [1.54, 1.807) is 0 Å². The largest absolute Gasteiger partial charge is 0.446 e. The van der Waals surface area contributed by atoms with E-state index in [0.717, 1.165) is 6.21 Å². The molecule has 0 aliphatic carbocycles. The van der Waals surface area contributed by atoms with Gasteiger partial charge in [0, 0.05) is 0 Å². The third-order valence-electron chi connectivity index (χ3n) is 1.32. The highest BCUT2D eigenvalue weighted by Gasteiger charge is 2.37. The Labute approximate surface area is 70.9 Å². The fourth-order valence-electron chi connectivity index (χ4n) is 0.815. The Balaban J connectivity index is 3.28. The zero-order valence-electron chi connectivity index (χ0n) is 6.17. The summed E-state index contributed by atoms with van der Waals surface area (Å²) in [5.41, 5.74) is -1.05. The monoisotopic (exact) mass is 185 g/mol. The lowest BCUT2D eigenvalue weighted by Crippen LogP contribution is -2.20. The van der Waals surface area contributed by atoms with Gasteiger partial charge in [0.1, 0.15) is 6.21 Å². The third kappa shape index (κ3) is 1.55. The molecule has 0 unspecified atom stereocenters. The van der Waals surface area contributed by atoms with E-state index in [-0.39, 0.29) is 6.42 Å². The average molecular weight is 185 g/mol. The molecule has 8 nitrogen and oxygen atoms in total. The number of ketones is 1. The standard InChI is InChI=1S/C5H3N3O5/c9-3-1-2-6-5(8(12)13)4(3)7(10)11/h2H,1H2. The molecule has 0 radical (unpaired) electrons. The van der Waals surface area contributed by atoms with Gasteiger partial charge in [-0.15, -0.1) is 0 Å². The van der Waals surface area contributed by atoms with Gasteiger partial charge in [0.25, 0.3) is 0 Å². The summed E-state index contributed by atoms with van der Waals surface area (Å²) in [6.07, 6.45) is 0.709. The Kier molecular flexibility index (Phi) is 2.13. The van der Waals surface area contributed by atoms with E-state index in [4.69, 9.17) is 0 Å². The summed E-state index contributed by atoms with van der Waals surface area (Å²) >= 11 is 0. The Morgan fingerprint density at radius 3 is 2.31 bits per heavy atom. The zero-order chi connectivity index (χ0) is 10.0. The van der Waals surface area contributed by atoms with Crippen molar-refractivity contribution in [3.63, 3.8) is 0 Å². The van der Waals surface area contributed by atoms with Crippen molar-refractivity contribution in [3.05, 3.63) is 31.7 Å². The molecule has 13 heavy (non-hydrogen) atoms. The topological polar surface area (TPSA) is 116 Å². The van der Waals surface area contributed by atoms with Crippen molar-refractivity contribution in [2.24, 2.45) is 4.99 Å². The van der Waals surface area contributed by atoms with Crippen LogP contribution in [0.2, 0.25) is 0 Å². The molecular weight excluding hydrogens is 182 g/mol. The number of hydrogen-bond donors (Lipinski definition) is 0. The predicted octanol–water partition coefficient (Wildman–Crippen LogP) is -0.248. The van der Waals surface area contributed by atoms with Gasteiger partial charge >= 0.3 is 11.5 Å². The van der Waals surface area contributed by atoms with Crippen molar-refractivity contribution in [2.45, 2.75) is 6.42 Å². The smallest absolute Gasteiger partial charge is 0.358 e. The number of nitro groups is 2. The summed E-state index contributed by atoms with van der Waals surface area (Å²) < 4.78 is 0. The Bertz CT molecular complexity index is 355. The second kappa shape index (κ2) is 3.09. The van der Waals surface area contributed by atoms with Crippen molar-refractivity contribution < 1.29 is 14.6 Å². The molecule has 1 aliphatic heterocycles. The number of aliphatic imine (C=N–C) groups is 1. The van der Waals surface area contributed by atoms with Crippen LogP contribution < -0.4 is 0 Å². The molecule has 0 saturated heterocycles. The SMILES string of the molecule is O=C1CC=NC([N+](=O)[O-])=C1[N+](=O)[O-]. The second-order valence-electron chi connectivity index (χ2n) is 2.13. The second-order valence-corrected chi connectivity index (χ2v) is 2.13. The highest BCUT2D eigenvalue weighted by atomic mass is 16.6. The Morgan fingerprint density at radius 1 is 1.31 bits per heavy atom. The summed E-state index contributed by atoms with van der Waals surface area (Å²) in [5.74, 6) is -1.90. The molecule has 0 spiro atoms. The van der Waals surface area contributed by atoms with Crippen LogP contribution in [0.1, 0.15) is 6.42 Å². The molecule has 1 heterocycles. The fraction of sp³-hybridized carbons (Fsp3) is 0.200. The molecule has 1 aliphatic rings. The number of carbonyl (C=O) groups is 1. The number of nitrogens with zero attached hydrogens (tertiary/aromatic N) is 3. The van der Waals surface area contributed by atoms with Crippen LogP contribution in [0.5, 0.6) is 0 Å². The molecule has 0 aromatic carbocycles. The van der Waals surface area contributed by atoms with Gasteiger partial charge in [0.05, 0.1) is 11.3 Å². The number of Topliss-reactive ketones (excluding diaryl/α,β-unsaturated/α-hetero) is 1. The molecule has 0 N–H and O–H groups in total. The average Bonchev–Trinajstić information content (AvgIpc) is 2.02. The van der Waals surface area contributed by atoms with Crippen molar-refractivity contribution in [3.8, 4) is 0 Å². The summed E-state index contributed by atoms with van der Waals surface area (Å²) in [6.45, 7) is 0. The Hall–Kier alpha value is -2.12. The van der Waals surface area contributed by atoms with Crippen molar-refractivity contribution in [1.82, 2.24) is 0 Å². The number of rotatable bonds is 2. The molecular formula is C5H3N3O5. The first-order chi connectivity index (χ1) is 6.04. The minimum atomic E-state index is -1.09. The maximum atomic E-state index is 10.9. The molecule has 0 atom stereocenters. The molecule has 0 aromatic rings. The van der Waals surface area contributed by atoms with Crippen molar-refractivity contribution >= 4 is 12.0 Å². The summed E-state index contributed by atoms with van der Waals surface area (Å²) in [4.78, 5) is 32.3. The summed E-state index contributed by atoms with van der Waals surface area (Å²) in [5, 5.41) is 20.4. The molecule has 0 saturated carbocycles. The van der Waals surface area contributed by atoms with E-state index in [1.165, 1.54) is 0 Å². The molecule has 0 amide bonds. The first-order valence-corrected chi connectivity index (χ1v) is 3.13. The van der Waals surface area contributed by atoms with Gasteiger partial charge in [-0.05, 0) is 9.92 Å². The summed E-state index contributed by atoms with van der Waals surface area (Å²) in [7, 11) is 0. The van der Waals surface area contributed by atoms with Gasteiger partial charge < -0.3 is 10.1 Å². The number of hydrogen-bond acceptors (Lipinski definition) is 6. The molecule has 8 heteroatoms. The lowest BCUT2D eigenvalue weighted by molar-refractivity contribution is -0.468. The maximum absolute atomic E-state index is 10.9. The molecule has 0 aromatic heterocycles. The van der Waals surface area contributed by atoms with Crippen LogP contribution in [0, 0.1) is 20.2 Å². The normalized spacial score (nSPS) is 16.2. The number of carbonyl (C=O) groups excluding carboxylic acids is 1. The predicted molar refractivity (Wildman–Crippen MR) is 39.1 cm³/mol. The minimum absolute atomic E-state index is 0.270. The van der Waals surface area contributed by atoms with Gasteiger partial charge in [-0.3, -0.25) is 14.9 Å². The fourth-order valence-corrected chi connectivity index (χ4v) is 0.815. The van der Waals surface area contributed by atoms with Crippen molar-refractivity contribution in [2.75, 3.05) is 0 Å². The summed E-state index contributed by atoms with van der Waals surface area (Å²) in [6, 6.07) is 0. The van der Waals surface area contributed by atoms with Gasteiger partial charge in [0.15, 0.2) is 0 Å². The maximum Gasteiger partial charge on any atom is 0.446 e. The van der Waals surface area contributed by atoms with E-state index >= 15 is 0 Å². The quantitative estimate of drug-likeness (QED) is 0.434. The zero-order valence-corrected chi connectivity index (χ0v) is 6.17. The minimum Gasteiger partial charge on any atom is -0.358 e. The molecule has 0 fully saturated rings. The van der Waals surface area contributed by atoms with Gasteiger partial charge in [0.2, 0.25) is 5.78 Å². The Morgan fingerprint density at radius 2 is 1.92 bits per heavy atom. The van der Waals surface area contributed by atoms with Gasteiger partial charge in [-0.2, -0.15) is 0 Å². The van der Waals surface area contributed by atoms with E-state index < -0.39 is 27.1 Å². The van der Waals surface area contributed by atoms with E-state index in [2.05, 4.69) is 4.99 Å². The third-order valence-corrected chi connectivity index (χ3v) is 1.32. The highest BCUT2D eigenvalue weighted by Crippen LogP contribution is 2.14. The van der Waals surface area contributed by atoms with Crippen molar-refractivity contribution in [1.29, 1.82) is 0 Å². The molecule has 0 bridgehead atoms.